The Kier molecular flexibility index (Phi) is 4.72. The minimum absolute atomic E-state index is 0.164. The number of tetrazole rings is 1. The molecule has 1 atom stereocenters. The first kappa shape index (κ1) is 14.9. The Hall–Kier alpha value is -1.47. The third-order valence-electron chi connectivity index (χ3n) is 2.91. The van der Waals surface area contributed by atoms with Gasteiger partial charge in [-0.15, -0.1) is 5.10 Å². The molecule has 1 aromatic heterocycles. The lowest BCUT2D eigenvalue weighted by Crippen LogP contribution is -2.07. The number of rotatable bonds is 5. The molecule has 5 nitrogen and oxygen atoms in total. The number of aryl methyl sites for hydroxylation is 1. The molecule has 20 heavy (non-hydrogen) atoms. The molecule has 2 aromatic rings. The van der Waals surface area contributed by atoms with E-state index in [1.54, 1.807) is 17.7 Å². The molecule has 0 aliphatic rings. The molecular weight excluding hydrogens is 279 g/mol. The van der Waals surface area contributed by atoms with Gasteiger partial charge >= 0.3 is 0 Å². The van der Waals surface area contributed by atoms with Gasteiger partial charge < -0.3 is 5.11 Å². The van der Waals surface area contributed by atoms with Gasteiger partial charge in [0.2, 0.25) is 5.16 Å². The monoisotopic (exact) mass is 296 g/mol. The van der Waals surface area contributed by atoms with Crippen LogP contribution >= 0.6 is 11.8 Å². The first-order chi connectivity index (χ1) is 9.49. The van der Waals surface area contributed by atoms with Crippen LogP contribution in [0.2, 0.25) is 0 Å². The van der Waals surface area contributed by atoms with E-state index < -0.39 is 6.10 Å². The van der Waals surface area contributed by atoms with E-state index in [4.69, 9.17) is 0 Å². The molecule has 1 aromatic carbocycles. The topological polar surface area (TPSA) is 63.8 Å². The Labute approximate surface area is 121 Å². The minimum atomic E-state index is -0.682. The van der Waals surface area contributed by atoms with Gasteiger partial charge in [0.25, 0.3) is 0 Å². The van der Waals surface area contributed by atoms with Crippen LogP contribution in [0.4, 0.5) is 4.39 Å². The maximum absolute atomic E-state index is 13.0. The van der Waals surface area contributed by atoms with E-state index in [1.165, 1.54) is 23.9 Å². The van der Waals surface area contributed by atoms with E-state index in [0.29, 0.717) is 10.9 Å². The summed E-state index contributed by atoms with van der Waals surface area (Å²) in [6.07, 6.45) is -0.682. The van der Waals surface area contributed by atoms with Gasteiger partial charge in [-0.05, 0) is 54.5 Å². The number of hydrogen-bond acceptors (Lipinski definition) is 5. The third kappa shape index (κ3) is 3.34. The average molecular weight is 296 g/mol. The number of thioether (sulfide) groups is 1. The molecule has 0 saturated carbocycles. The Bertz CT molecular complexity index is 588. The smallest absolute Gasteiger partial charge is 0.209 e. The summed E-state index contributed by atoms with van der Waals surface area (Å²) >= 11 is 1.38. The van der Waals surface area contributed by atoms with E-state index >= 15 is 0 Å². The lowest BCUT2D eigenvalue weighted by Gasteiger charge is -2.13. The third-order valence-corrected chi connectivity index (χ3v) is 3.92. The summed E-state index contributed by atoms with van der Waals surface area (Å²) in [6, 6.07) is 4.55. The summed E-state index contributed by atoms with van der Waals surface area (Å²) in [7, 11) is 0. The maximum atomic E-state index is 13.0. The largest absolute Gasteiger partial charge is 0.388 e. The number of aliphatic hydroxyl groups is 1. The number of nitrogens with zero attached hydrogens (tertiary/aromatic N) is 4. The predicted octanol–water partition coefficient (Wildman–Crippen LogP) is 2.53. The van der Waals surface area contributed by atoms with Crippen LogP contribution in [0.1, 0.15) is 37.1 Å². The molecule has 0 bridgehead atoms. The lowest BCUT2D eigenvalue weighted by molar-refractivity contribution is 0.203. The van der Waals surface area contributed by atoms with Crippen LogP contribution in [0.3, 0.4) is 0 Å². The Balaban J connectivity index is 2.05. The van der Waals surface area contributed by atoms with Crippen LogP contribution in [-0.2, 0) is 0 Å². The highest BCUT2D eigenvalue weighted by molar-refractivity contribution is 7.99. The standard InChI is InChI=1S/C13H17FN4OS/c1-8(2)18-13(15-16-17-18)20-7-12(19)11-5-4-10(14)6-9(11)3/h4-6,8,12,19H,7H2,1-3H3. The average Bonchev–Trinajstić information content (AvgIpc) is 2.84. The van der Waals surface area contributed by atoms with Gasteiger partial charge in [0.15, 0.2) is 0 Å². The molecule has 0 fully saturated rings. The summed E-state index contributed by atoms with van der Waals surface area (Å²) in [5.41, 5.74) is 1.46. The summed E-state index contributed by atoms with van der Waals surface area (Å²) in [6.45, 7) is 5.76. The molecule has 0 amide bonds. The fraction of sp³-hybridized carbons (Fsp3) is 0.462. The SMILES string of the molecule is Cc1cc(F)ccc1C(O)CSc1nnnn1C(C)C. The molecule has 0 radical (unpaired) electrons. The number of aromatic nitrogens is 4. The van der Waals surface area contributed by atoms with E-state index in [9.17, 15) is 9.50 Å². The molecule has 1 unspecified atom stereocenters. The summed E-state index contributed by atoms with van der Waals surface area (Å²) < 4.78 is 14.7. The fourth-order valence-corrected chi connectivity index (χ4v) is 2.82. The van der Waals surface area contributed by atoms with Crippen LogP contribution in [-0.4, -0.2) is 31.1 Å². The maximum Gasteiger partial charge on any atom is 0.209 e. The van der Waals surface area contributed by atoms with Gasteiger partial charge in [-0.1, -0.05) is 17.8 Å². The van der Waals surface area contributed by atoms with Gasteiger partial charge in [0, 0.05) is 5.75 Å². The molecular formula is C13H17FN4OS. The lowest BCUT2D eigenvalue weighted by atomic mass is 10.0. The highest BCUT2D eigenvalue weighted by Crippen LogP contribution is 2.26. The van der Waals surface area contributed by atoms with Crippen LogP contribution in [0.5, 0.6) is 0 Å². The number of benzene rings is 1. The molecule has 0 aliphatic carbocycles. The molecule has 0 aliphatic heterocycles. The van der Waals surface area contributed by atoms with Gasteiger partial charge in [-0.2, -0.15) is 0 Å². The van der Waals surface area contributed by atoms with Crippen molar-refractivity contribution in [3.63, 3.8) is 0 Å². The van der Waals surface area contributed by atoms with Crippen molar-refractivity contribution in [1.29, 1.82) is 0 Å². The fourth-order valence-electron chi connectivity index (χ4n) is 1.86. The first-order valence-electron chi connectivity index (χ1n) is 6.34. The van der Waals surface area contributed by atoms with E-state index in [0.717, 1.165) is 11.1 Å². The molecule has 108 valence electrons. The van der Waals surface area contributed by atoms with E-state index in [2.05, 4.69) is 15.5 Å². The van der Waals surface area contributed by atoms with Crippen LogP contribution in [0, 0.1) is 12.7 Å². The Morgan fingerprint density at radius 2 is 2.15 bits per heavy atom. The molecule has 0 spiro atoms. The predicted molar refractivity (Wildman–Crippen MR) is 75.0 cm³/mol. The van der Waals surface area contributed by atoms with Crippen LogP contribution < -0.4 is 0 Å². The van der Waals surface area contributed by atoms with Crippen molar-refractivity contribution < 1.29 is 9.50 Å². The molecule has 1 N–H and O–H groups in total. The zero-order chi connectivity index (χ0) is 14.7. The van der Waals surface area contributed by atoms with Gasteiger partial charge in [0.1, 0.15) is 5.82 Å². The zero-order valence-corrected chi connectivity index (χ0v) is 12.4. The van der Waals surface area contributed by atoms with Crippen molar-refractivity contribution in [2.45, 2.75) is 38.1 Å². The summed E-state index contributed by atoms with van der Waals surface area (Å²) in [5.74, 6) is 0.120. The van der Waals surface area contributed by atoms with Crippen molar-refractivity contribution in [3.05, 3.63) is 35.1 Å². The minimum Gasteiger partial charge on any atom is -0.388 e. The van der Waals surface area contributed by atoms with Crippen molar-refractivity contribution in [3.8, 4) is 0 Å². The van der Waals surface area contributed by atoms with Crippen molar-refractivity contribution in [1.82, 2.24) is 20.2 Å². The van der Waals surface area contributed by atoms with Crippen LogP contribution in [0.25, 0.3) is 0 Å². The second-order valence-electron chi connectivity index (χ2n) is 4.83. The van der Waals surface area contributed by atoms with Gasteiger partial charge in [-0.25, -0.2) is 9.07 Å². The Morgan fingerprint density at radius 3 is 2.80 bits per heavy atom. The van der Waals surface area contributed by atoms with Gasteiger partial charge in [0.05, 0.1) is 12.1 Å². The van der Waals surface area contributed by atoms with Crippen molar-refractivity contribution >= 4 is 11.8 Å². The normalized spacial score (nSPS) is 12.9. The second-order valence-corrected chi connectivity index (χ2v) is 5.81. The van der Waals surface area contributed by atoms with Crippen molar-refractivity contribution in [2.75, 3.05) is 5.75 Å². The molecule has 7 heteroatoms. The molecule has 1 heterocycles. The van der Waals surface area contributed by atoms with Gasteiger partial charge in [-0.3, -0.25) is 0 Å². The van der Waals surface area contributed by atoms with Crippen molar-refractivity contribution in [2.24, 2.45) is 0 Å². The summed E-state index contributed by atoms with van der Waals surface area (Å²) in [5, 5.41) is 22.3. The molecule has 0 saturated heterocycles. The number of hydrogen-bond donors (Lipinski definition) is 1. The zero-order valence-electron chi connectivity index (χ0n) is 11.6. The quantitative estimate of drug-likeness (QED) is 0.859. The highest BCUT2D eigenvalue weighted by atomic mass is 32.2. The number of aliphatic hydroxyl groups excluding tert-OH is 1. The Morgan fingerprint density at radius 1 is 1.40 bits per heavy atom. The number of halogens is 1. The van der Waals surface area contributed by atoms with E-state index in [-0.39, 0.29) is 11.9 Å². The summed E-state index contributed by atoms with van der Waals surface area (Å²) in [4.78, 5) is 0. The second kappa shape index (κ2) is 6.32. The van der Waals surface area contributed by atoms with E-state index in [1.807, 2.05) is 13.8 Å². The highest BCUT2D eigenvalue weighted by Gasteiger charge is 2.15. The molecule has 2 rings (SSSR count). The van der Waals surface area contributed by atoms with Crippen LogP contribution in [0.15, 0.2) is 23.4 Å². The first-order valence-corrected chi connectivity index (χ1v) is 7.32.